The van der Waals surface area contributed by atoms with Crippen LogP contribution in [-0.2, 0) is 22.3 Å². The molecule has 0 heterocycles. The highest BCUT2D eigenvalue weighted by Crippen LogP contribution is 2.54. The van der Waals surface area contributed by atoms with E-state index in [-0.39, 0.29) is 35.8 Å². The van der Waals surface area contributed by atoms with E-state index in [2.05, 4.69) is 16.7 Å². The molecule has 44 heavy (non-hydrogen) atoms. The Morgan fingerprint density at radius 1 is 1.05 bits per heavy atom. The van der Waals surface area contributed by atoms with Crippen LogP contribution in [0.5, 0.6) is 5.75 Å². The van der Waals surface area contributed by atoms with E-state index in [9.17, 15) is 32.3 Å². The lowest BCUT2D eigenvalue weighted by Crippen LogP contribution is -2.48. The topological polar surface area (TPSA) is 96.9 Å². The molecule has 0 aromatic heterocycles. The molecule has 2 bridgehead atoms. The van der Waals surface area contributed by atoms with Crippen molar-refractivity contribution < 1.29 is 41.7 Å². The Morgan fingerprint density at radius 2 is 1.80 bits per heavy atom. The number of hydrogen-bond acceptors (Lipinski definition) is 5. The van der Waals surface area contributed by atoms with Crippen LogP contribution in [0.2, 0.25) is 0 Å². The number of hydrogen-bond donors (Lipinski definition) is 3. The molecular formula is C33H36F4N2O5. The number of benzene rings is 2. The van der Waals surface area contributed by atoms with Crippen molar-refractivity contribution >= 4 is 17.5 Å². The number of ether oxygens (including phenoxy) is 2. The van der Waals surface area contributed by atoms with Crippen LogP contribution in [0, 0.1) is 35.4 Å². The molecule has 4 aliphatic rings. The molecule has 2 amide bonds. The van der Waals surface area contributed by atoms with E-state index >= 15 is 0 Å². The van der Waals surface area contributed by atoms with Crippen molar-refractivity contribution in [3.8, 4) is 5.75 Å². The van der Waals surface area contributed by atoms with Crippen LogP contribution in [0.25, 0.3) is 0 Å². The highest BCUT2D eigenvalue weighted by atomic mass is 19.4. The Hall–Kier alpha value is -3.44. The number of anilines is 1. The van der Waals surface area contributed by atoms with Crippen LogP contribution in [-0.4, -0.2) is 42.8 Å². The Bertz CT molecular complexity index is 1450. The summed E-state index contributed by atoms with van der Waals surface area (Å²) in [5.74, 6) is -2.17. The van der Waals surface area contributed by atoms with Gasteiger partial charge in [-0.05, 0) is 92.2 Å². The third kappa shape index (κ3) is 6.35. The van der Waals surface area contributed by atoms with Crippen LogP contribution in [0.15, 0.2) is 48.0 Å². The first-order valence-electron chi connectivity index (χ1n) is 15.1. The summed E-state index contributed by atoms with van der Waals surface area (Å²) in [7, 11) is 1.46. The minimum absolute atomic E-state index is 0.0745. The maximum atomic E-state index is 13.9. The zero-order valence-electron chi connectivity index (χ0n) is 24.3. The number of fused-ring (bicyclic) bond motifs is 2. The molecule has 4 fully saturated rings. The number of methoxy groups -OCH3 is 1. The SMILES string of the molecule is COc1ccc(COCC2CC(O)C2)cc1C(=O)N[C@H]1[C@@H](C(=O)Nc2ccc(F)c(C(F)(F)F)c2)[C@H]2CC[C@@H]1/C2=C\C1CC1. The molecule has 2 aromatic rings. The molecule has 3 N–H and O–H groups in total. The van der Waals surface area contributed by atoms with Gasteiger partial charge in [-0.1, -0.05) is 17.7 Å². The molecule has 7 nitrogen and oxygen atoms in total. The number of nitrogens with one attached hydrogen (secondary N) is 2. The second-order valence-corrected chi connectivity index (χ2v) is 12.5. The summed E-state index contributed by atoms with van der Waals surface area (Å²) in [6.45, 7) is 0.795. The molecule has 4 saturated carbocycles. The van der Waals surface area contributed by atoms with E-state index in [1.54, 1.807) is 12.1 Å². The summed E-state index contributed by atoms with van der Waals surface area (Å²) in [6, 6.07) is 7.02. The van der Waals surface area contributed by atoms with Crippen molar-refractivity contribution in [2.45, 2.75) is 63.5 Å². The van der Waals surface area contributed by atoms with Gasteiger partial charge in [-0.3, -0.25) is 9.59 Å². The zero-order valence-corrected chi connectivity index (χ0v) is 24.3. The van der Waals surface area contributed by atoms with Gasteiger partial charge in [-0.15, -0.1) is 0 Å². The minimum Gasteiger partial charge on any atom is -0.496 e. The summed E-state index contributed by atoms with van der Waals surface area (Å²) in [5.41, 5.74) is 0.571. The van der Waals surface area contributed by atoms with Gasteiger partial charge >= 0.3 is 6.18 Å². The smallest absolute Gasteiger partial charge is 0.419 e. The molecule has 236 valence electrons. The van der Waals surface area contributed by atoms with Crippen molar-refractivity contribution in [3.63, 3.8) is 0 Å². The van der Waals surface area contributed by atoms with Crippen LogP contribution in [0.4, 0.5) is 23.2 Å². The summed E-state index contributed by atoms with van der Waals surface area (Å²) in [4.78, 5) is 27.5. The number of rotatable bonds is 10. The molecule has 0 radical (unpaired) electrons. The average molecular weight is 617 g/mol. The number of alkyl halides is 3. The van der Waals surface area contributed by atoms with Gasteiger partial charge in [0.1, 0.15) is 11.6 Å². The molecule has 4 aliphatic carbocycles. The summed E-state index contributed by atoms with van der Waals surface area (Å²) in [5, 5.41) is 15.1. The predicted octanol–water partition coefficient (Wildman–Crippen LogP) is 5.87. The Labute approximate surface area is 253 Å². The van der Waals surface area contributed by atoms with Crippen molar-refractivity contribution in [1.29, 1.82) is 0 Å². The third-order valence-electron chi connectivity index (χ3n) is 9.43. The standard InChI is InChI=1S/C33H36F4N2O5/c1-43-28-9-4-18(15-44-16-19-10-21(40)11-19)13-25(28)31(41)39-30-23-7-6-22(24(23)12-17-2-3-17)29(30)32(42)38-20-5-8-27(34)26(14-20)33(35,36)37/h4-5,8-9,12-14,17,19,21-23,29-30,40H,2-3,6-7,10-11,15-16H2,1H3,(H,38,42)(H,39,41)/b24-12-/t19?,21?,22-,23+,29-,30+/m0/s1. The van der Waals surface area contributed by atoms with Gasteiger partial charge < -0.3 is 25.2 Å². The molecule has 4 atom stereocenters. The fourth-order valence-electron chi connectivity index (χ4n) is 7.04. The first kappa shape index (κ1) is 30.6. The summed E-state index contributed by atoms with van der Waals surface area (Å²) < 4.78 is 65.2. The molecule has 0 spiro atoms. The molecule has 0 unspecified atom stereocenters. The van der Waals surface area contributed by atoms with E-state index < -0.39 is 41.3 Å². The first-order valence-corrected chi connectivity index (χ1v) is 15.1. The highest BCUT2D eigenvalue weighted by Gasteiger charge is 2.55. The van der Waals surface area contributed by atoms with E-state index in [0.717, 1.165) is 55.7 Å². The van der Waals surface area contributed by atoms with Crippen molar-refractivity contribution in [2.24, 2.45) is 29.6 Å². The Balaban J connectivity index is 1.21. The second kappa shape index (κ2) is 12.2. The molecule has 11 heteroatoms. The van der Waals surface area contributed by atoms with Crippen LogP contribution < -0.4 is 15.4 Å². The lowest BCUT2D eigenvalue weighted by molar-refractivity contribution is -0.140. The van der Waals surface area contributed by atoms with Crippen LogP contribution in [0.3, 0.4) is 0 Å². The zero-order chi connectivity index (χ0) is 31.2. The number of aliphatic hydroxyl groups excluding tert-OH is 1. The van der Waals surface area contributed by atoms with Gasteiger partial charge in [-0.25, -0.2) is 4.39 Å². The van der Waals surface area contributed by atoms with Crippen LogP contribution in [0.1, 0.15) is 60.0 Å². The van der Waals surface area contributed by atoms with E-state index in [1.807, 2.05) is 6.07 Å². The Kier molecular flexibility index (Phi) is 8.45. The van der Waals surface area contributed by atoms with E-state index in [4.69, 9.17) is 9.47 Å². The number of amides is 2. The quantitative estimate of drug-likeness (QED) is 0.229. The number of allylic oxidation sites excluding steroid dienone is 1. The van der Waals surface area contributed by atoms with Crippen molar-refractivity contribution in [1.82, 2.24) is 5.32 Å². The normalized spacial score (nSPS) is 28.5. The number of aliphatic hydroxyl groups is 1. The largest absolute Gasteiger partial charge is 0.496 e. The maximum absolute atomic E-state index is 13.9. The highest BCUT2D eigenvalue weighted by molar-refractivity contribution is 5.99. The van der Waals surface area contributed by atoms with Crippen molar-refractivity contribution in [2.75, 3.05) is 19.0 Å². The van der Waals surface area contributed by atoms with Gasteiger partial charge in [0.2, 0.25) is 5.91 Å². The van der Waals surface area contributed by atoms with Gasteiger partial charge in [0, 0.05) is 17.6 Å². The van der Waals surface area contributed by atoms with Gasteiger partial charge in [0.05, 0.1) is 43.5 Å². The number of carbonyl (C=O) groups excluding carboxylic acids is 2. The van der Waals surface area contributed by atoms with E-state index in [1.165, 1.54) is 7.11 Å². The summed E-state index contributed by atoms with van der Waals surface area (Å²) >= 11 is 0. The molecule has 0 aliphatic heterocycles. The molecule has 0 saturated heterocycles. The van der Waals surface area contributed by atoms with Gasteiger partial charge in [0.15, 0.2) is 0 Å². The predicted molar refractivity (Wildman–Crippen MR) is 153 cm³/mol. The molecule has 6 rings (SSSR count). The Morgan fingerprint density at radius 3 is 2.48 bits per heavy atom. The average Bonchev–Trinajstić information content (AvgIpc) is 3.64. The lowest BCUT2D eigenvalue weighted by Gasteiger charge is -2.31. The number of halogens is 4. The van der Waals surface area contributed by atoms with Crippen LogP contribution >= 0.6 is 0 Å². The molecule has 2 aromatic carbocycles. The monoisotopic (exact) mass is 616 g/mol. The summed E-state index contributed by atoms with van der Waals surface area (Å²) in [6.07, 6.45) is 2.14. The fraction of sp³-hybridized carbons (Fsp3) is 0.515. The maximum Gasteiger partial charge on any atom is 0.419 e. The second-order valence-electron chi connectivity index (χ2n) is 12.5. The first-order chi connectivity index (χ1) is 21.0. The van der Waals surface area contributed by atoms with Gasteiger partial charge in [-0.2, -0.15) is 13.2 Å². The lowest BCUT2D eigenvalue weighted by atomic mass is 9.83. The van der Waals surface area contributed by atoms with Gasteiger partial charge in [0.25, 0.3) is 5.91 Å². The number of carbonyl (C=O) groups is 2. The van der Waals surface area contributed by atoms with Crippen molar-refractivity contribution in [3.05, 3.63) is 70.6 Å². The minimum atomic E-state index is -4.91. The fourth-order valence-corrected chi connectivity index (χ4v) is 7.04. The molecular weight excluding hydrogens is 580 g/mol. The van der Waals surface area contributed by atoms with E-state index in [0.29, 0.717) is 36.3 Å². The third-order valence-corrected chi connectivity index (χ3v) is 9.43.